The molecule has 0 aromatic heterocycles. The monoisotopic (exact) mass is 256 g/mol. The van der Waals surface area contributed by atoms with Gasteiger partial charge in [0.1, 0.15) is 0 Å². The van der Waals surface area contributed by atoms with Gasteiger partial charge in [0.05, 0.1) is 0 Å². The van der Waals surface area contributed by atoms with E-state index in [4.69, 9.17) is 5.73 Å². The van der Waals surface area contributed by atoms with Gasteiger partial charge in [-0.1, -0.05) is 41.0 Å². The maximum Gasteiger partial charge on any atom is 0.226 e. The Hall–Kier alpha value is -0.570. The normalized spacial score (nSPS) is 13.6. The van der Waals surface area contributed by atoms with Crippen LogP contribution in [0.1, 0.15) is 67.7 Å². The Morgan fingerprint density at radius 3 is 2.00 bits per heavy atom. The third-order valence-corrected chi connectivity index (χ3v) is 3.41. The lowest BCUT2D eigenvalue weighted by Gasteiger charge is -2.37. The predicted molar refractivity (Wildman–Crippen MR) is 78.4 cm³/mol. The first-order valence-corrected chi connectivity index (χ1v) is 6.98. The van der Waals surface area contributed by atoms with Gasteiger partial charge in [-0.3, -0.25) is 4.79 Å². The molecule has 0 aromatic rings. The second kappa shape index (κ2) is 6.05. The molecule has 18 heavy (non-hydrogen) atoms. The zero-order chi connectivity index (χ0) is 14.6. The van der Waals surface area contributed by atoms with Gasteiger partial charge in [0, 0.05) is 11.0 Å². The number of amides is 1. The SMILES string of the molecule is CCCC(C)(C)C(=O)NC(C)(C)CC(C)(C)CN. The van der Waals surface area contributed by atoms with Crippen LogP contribution in [-0.4, -0.2) is 18.0 Å². The van der Waals surface area contributed by atoms with Crippen molar-refractivity contribution < 1.29 is 4.79 Å². The molecule has 0 spiro atoms. The molecule has 3 N–H and O–H groups in total. The van der Waals surface area contributed by atoms with E-state index >= 15 is 0 Å². The van der Waals surface area contributed by atoms with Gasteiger partial charge >= 0.3 is 0 Å². The minimum Gasteiger partial charge on any atom is -0.351 e. The van der Waals surface area contributed by atoms with E-state index in [2.05, 4.69) is 39.9 Å². The van der Waals surface area contributed by atoms with Crippen LogP contribution >= 0.6 is 0 Å². The average molecular weight is 256 g/mol. The van der Waals surface area contributed by atoms with Crippen LogP contribution < -0.4 is 11.1 Å². The van der Waals surface area contributed by atoms with Gasteiger partial charge in [-0.05, 0) is 38.6 Å². The fraction of sp³-hybridized carbons (Fsp3) is 0.933. The van der Waals surface area contributed by atoms with Crippen molar-refractivity contribution in [3.05, 3.63) is 0 Å². The molecule has 0 radical (unpaired) electrons. The van der Waals surface area contributed by atoms with Crippen molar-refractivity contribution in [1.29, 1.82) is 0 Å². The van der Waals surface area contributed by atoms with E-state index in [1.807, 2.05) is 13.8 Å². The lowest BCUT2D eigenvalue weighted by Crippen LogP contribution is -2.51. The summed E-state index contributed by atoms with van der Waals surface area (Å²) in [7, 11) is 0. The summed E-state index contributed by atoms with van der Waals surface area (Å²) in [6.07, 6.45) is 2.81. The van der Waals surface area contributed by atoms with E-state index in [0.29, 0.717) is 6.54 Å². The zero-order valence-electron chi connectivity index (χ0n) is 13.3. The quantitative estimate of drug-likeness (QED) is 0.735. The smallest absolute Gasteiger partial charge is 0.226 e. The van der Waals surface area contributed by atoms with Gasteiger partial charge in [0.15, 0.2) is 0 Å². The van der Waals surface area contributed by atoms with Crippen molar-refractivity contribution in [2.75, 3.05) is 6.54 Å². The second-order valence-electron chi connectivity index (χ2n) is 7.52. The third kappa shape index (κ3) is 5.85. The lowest BCUT2D eigenvalue weighted by atomic mass is 9.79. The van der Waals surface area contributed by atoms with Gasteiger partial charge in [-0.2, -0.15) is 0 Å². The highest BCUT2D eigenvalue weighted by molar-refractivity contribution is 5.82. The molecule has 1 amide bonds. The number of hydrogen-bond donors (Lipinski definition) is 2. The minimum absolute atomic E-state index is 0.0473. The zero-order valence-corrected chi connectivity index (χ0v) is 13.3. The summed E-state index contributed by atoms with van der Waals surface area (Å²) in [5.41, 5.74) is 5.30. The van der Waals surface area contributed by atoms with Gasteiger partial charge in [-0.15, -0.1) is 0 Å². The van der Waals surface area contributed by atoms with E-state index < -0.39 is 0 Å². The van der Waals surface area contributed by atoms with Crippen molar-refractivity contribution >= 4 is 5.91 Å². The van der Waals surface area contributed by atoms with E-state index in [1.165, 1.54) is 0 Å². The van der Waals surface area contributed by atoms with Crippen LogP contribution in [-0.2, 0) is 4.79 Å². The van der Waals surface area contributed by atoms with E-state index in [0.717, 1.165) is 19.3 Å². The summed E-state index contributed by atoms with van der Waals surface area (Å²) in [6.45, 7) is 15.2. The number of rotatable bonds is 7. The Labute approximate surface area is 113 Å². The highest BCUT2D eigenvalue weighted by Crippen LogP contribution is 2.29. The first-order valence-electron chi connectivity index (χ1n) is 6.98. The second-order valence-corrected chi connectivity index (χ2v) is 7.52. The molecule has 0 saturated heterocycles. The lowest BCUT2D eigenvalue weighted by molar-refractivity contribution is -0.131. The van der Waals surface area contributed by atoms with Gasteiger partial charge in [0.25, 0.3) is 0 Å². The van der Waals surface area contributed by atoms with Crippen LogP contribution in [0.15, 0.2) is 0 Å². The maximum absolute atomic E-state index is 12.3. The van der Waals surface area contributed by atoms with E-state index in [9.17, 15) is 4.79 Å². The molecule has 0 rings (SSSR count). The minimum atomic E-state index is -0.293. The number of carbonyl (C=O) groups is 1. The molecular formula is C15H32N2O. The Morgan fingerprint density at radius 2 is 1.61 bits per heavy atom. The summed E-state index contributed by atoms with van der Waals surface area (Å²) in [4.78, 5) is 12.3. The van der Waals surface area contributed by atoms with Crippen molar-refractivity contribution in [2.45, 2.75) is 73.3 Å². The Bertz CT molecular complexity index is 280. The van der Waals surface area contributed by atoms with Crippen molar-refractivity contribution in [3.8, 4) is 0 Å². The molecule has 0 heterocycles. The molecule has 108 valence electrons. The molecule has 0 saturated carbocycles. The topological polar surface area (TPSA) is 55.1 Å². The van der Waals surface area contributed by atoms with Crippen LogP contribution in [0.4, 0.5) is 0 Å². The summed E-state index contributed by atoms with van der Waals surface area (Å²) in [5, 5.41) is 3.18. The van der Waals surface area contributed by atoms with E-state index in [1.54, 1.807) is 0 Å². The largest absolute Gasteiger partial charge is 0.351 e. The van der Waals surface area contributed by atoms with Gasteiger partial charge in [-0.25, -0.2) is 0 Å². The molecule has 0 atom stereocenters. The molecule has 3 heteroatoms. The Balaban J connectivity index is 4.63. The van der Waals surface area contributed by atoms with Crippen LogP contribution in [0, 0.1) is 10.8 Å². The molecule has 0 fully saturated rings. The number of nitrogens with two attached hydrogens (primary N) is 1. The fourth-order valence-electron chi connectivity index (χ4n) is 2.53. The fourth-order valence-corrected chi connectivity index (χ4v) is 2.53. The molecule has 0 aromatic carbocycles. The molecule has 0 aliphatic heterocycles. The standard InChI is InChI=1S/C15H32N2O/c1-8-9-14(4,5)12(18)17-15(6,7)10-13(2,3)11-16/h8-11,16H2,1-7H3,(H,17,18). The maximum atomic E-state index is 12.3. The molecule has 0 aliphatic carbocycles. The van der Waals surface area contributed by atoms with Crippen molar-refractivity contribution in [2.24, 2.45) is 16.6 Å². The van der Waals surface area contributed by atoms with Gasteiger partial charge in [0.2, 0.25) is 5.91 Å². The summed E-state index contributed by atoms with van der Waals surface area (Å²) >= 11 is 0. The Kier molecular flexibility index (Phi) is 5.86. The van der Waals surface area contributed by atoms with Crippen LogP contribution in [0.5, 0.6) is 0 Å². The highest BCUT2D eigenvalue weighted by atomic mass is 16.2. The Morgan fingerprint density at radius 1 is 1.11 bits per heavy atom. The predicted octanol–water partition coefficient (Wildman–Crippen LogP) is 3.08. The summed E-state index contributed by atoms with van der Waals surface area (Å²) in [6, 6.07) is 0. The molecular weight excluding hydrogens is 224 g/mol. The first-order chi connectivity index (χ1) is 7.96. The molecule has 0 unspecified atom stereocenters. The van der Waals surface area contributed by atoms with Crippen LogP contribution in [0.3, 0.4) is 0 Å². The van der Waals surface area contributed by atoms with Crippen LogP contribution in [0.25, 0.3) is 0 Å². The number of hydrogen-bond acceptors (Lipinski definition) is 2. The number of nitrogens with one attached hydrogen (secondary N) is 1. The van der Waals surface area contributed by atoms with E-state index in [-0.39, 0.29) is 22.3 Å². The van der Waals surface area contributed by atoms with Crippen molar-refractivity contribution in [3.63, 3.8) is 0 Å². The first kappa shape index (κ1) is 17.4. The molecule has 3 nitrogen and oxygen atoms in total. The molecule has 0 aliphatic rings. The van der Waals surface area contributed by atoms with Crippen molar-refractivity contribution in [1.82, 2.24) is 5.32 Å². The highest BCUT2D eigenvalue weighted by Gasteiger charge is 2.34. The average Bonchev–Trinajstić information content (AvgIpc) is 2.15. The molecule has 0 bridgehead atoms. The van der Waals surface area contributed by atoms with Crippen LogP contribution in [0.2, 0.25) is 0 Å². The van der Waals surface area contributed by atoms with Gasteiger partial charge < -0.3 is 11.1 Å². The third-order valence-electron chi connectivity index (χ3n) is 3.41. The number of carbonyl (C=O) groups excluding carboxylic acids is 1. The summed E-state index contributed by atoms with van der Waals surface area (Å²) < 4.78 is 0. The summed E-state index contributed by atoms with van der Waals surface area (Å²) in [5.74, 6) is 0.141.